The molecule has 0 fully saturated rings. The summed E-state index contributed by atoms with van der Waals surface area (Å²) >= 11 is 1.72. The summed E-state index contributed by atoms with van der Waals surface area (Å²) in [6, 6.07) is 15.7. The first-order valence-electron chi connectivity index (χ1n) is 7.30. The van der Waals surface area contributed by atoms with Gasteiger partial charge in [-0.2, -0.15) is 0 Å². The van der Waals surface area contributed by atoms with Crippen molar-refractivity contribution >= 4 is 22.1 Å². The predicted octanol–water partition coefficient (Wildman–Crippen LogP) is 5.02. The lowest BCUT2D eigenvalue weighted by atomic mass is 9.99. The second-order valence-corrected chi connectivity index (χ2v) is 6.37. The van der Waals surface area contributed by atoms with Gasteiger partial charge in [0.2, 0.25) is 0 Å². The van der Waals surface area contributed by atoms with E-state index < -0.39 is 0 Å². The Hall–Kier alpha value is -1.71. The van der Waals surface area contributed by atoms with Crippen LogP contribution in [0.1, 0.15) is 42.1 Å². The largest absolute Gasteiger partial charge is 0.303 e. The van der Waals surface area contributed by atoms with Crippen LogP contribution in [0.3, 0.4) is 0 Å². The van der Waals surface area contributed by atoms with Crippen molar-refractivity contribution in [2.75, 3.05) is 0 Å². The number of nitrogens with one attached hydrogen (secondary N) is 1. The molecule has 0 amide bonds. The second kappa shape index (κ2) is 5.96. The molecule has 3 aromatic rings. The number of fused-ring (bicyclic) bond motifs is 1. The number of hydrogen-bond acceptors (Lipinski definition) is 3. The Bertz CT molecular complexity index is 742. The Morgan fingerprint density at radius 3 is 2.52 bits per heavy atom. The Morgan fingerprint density at radius 1 is 1.00 bits per heavy atom. The average Bonchev–Trinajstić information content (AvgIpc) is 2.92. The summed E-state index contributed by atoms with van der Waals surface area (Å²) in [5, 5.41) is 6.33. The maximum atomic E-state index is 4.35. The van der Waals surface area contributed by atoms with Crippen molar-refractivity contribution in [2.24, 2.45) is 0 Å². The minimum Gasteiger partial charge on any atom is -0.303 e. The minimum atomic E-state index is 0.299. The molecule has 2 atom stereocenters. The highest BCUT2D eigenvalue weighted by atomic mass is 32.1. The lowest BCUT2D eigenvalue weighted by Crippen LogP contribution is -2.22. The molecule has 3 heteroatoms. The Morgan fingerprint density at radius 2 is 1.76 bits per heavy atom. The summed E-state index contributed by atoms with van der Waals surface area (Å²) in [6.07, 6.45) is 0. The molecule has 2 aromatic carbocycles. The van der Waals surface area contributed by atoms with Crippen molar-refractivity contribution in [2.45, 2.75) is 32.9 Å². The summed E-state index contributed by atoms with van der Waals surface area (Å²) in [7, 11) is 0. The van der Waals surface area contributed by atoms with Gasteiger partial charge in [0.25, 0.3) is 0 Å². The van der Waals surface area contributed by atoms with E-state index >= 15 is 0 Å². The third kappa shape index (κ3) is 2.85. The molecule has 0 bridgehead atoms. The van der Waals surface area contributed by atoms with E-state index in [0.29, 0.717) is 12.1 Å². The zero-order valence-electron chi connectivity index (χ0n) is 12.6. The van der Waals surface area contributed by atoms with Crippen LogP contribution < -0.4 is 5.32 Å². The molecule has 1 N–H and O–H groups in total. The van der Waals surface area contributed by atoms with E-state index in [4.69, 9.17) is 0 Å². The van der Waals surface area contributed by atoms with E-state index in [0.717, 1.165) is 5.69 Å². The summed E-state index contributed by atoms with van der Waals surface area (Å²) in [5.74, 6) is 0. The van der Waals surface area contributed by atoms with Crippen LogP contribution in [0.5, 0.6) is 0 Å². The standard InChI is InChI=1S/C18H20N2S/c1-12(20-14(3)18-13(2)19-11-21-18)16-10-6-8-15-7-4-5-9-17(15)16/h4-12,14,20H,1-3H3. The molecular weight excluding hydrogens is 276 g/mol. The fourth-order valence-corrected chi connectivity index (χ4v) is 3.71. The summed E-state index contributed by atoms with van der Waals surface area (Å²) in [6.45, 7) is 6.52. The Balaban J connectivity index is 1.87. The summed E-state index contributed by atoms with van der Waals surface area (Å²) in [5.41, 5.74) is 4.40. The topological polar surface area (TPSA) is 24.9 Å². The molecule has 1 aromatic heterocycles. The molecular formula is C18H20N2S. The van der Waals surface area contributed by atoms with Gasteiger partial charge in [-0.05, 0) is 37.1 Å². The van der Waals surface area contributed by atoms with Gasteiger partial charge in [0, 0.05) is 17.0 Å². The molecule has 0 aliphatic heterocycles. The van der Waals surface area contributed by atoms with Gasteiger partial charge in [-0.25, -0.2) is 4.98 Å². The van der Waals surface area contributed by atoms with E-state index in [1.807, 2.05) is 5.51 Å². The van der Waals surface area contributed by atoms with Gasteiger partial charge in [-0.1, -0.05) is 42.5 Å². The molecule has 0 spiro atoms. The van der Waals surface area contributed by atoms with Crippen LogP contribution >= 0.6 is 11.3 Å². The van der Waals surface area contributed by atoms with Gasteiger partial charge in [0.05, 0.1) is 11.2 Å². The minimum absolute atomic E-state index is 0.299. The van der Waals surface area contributed by atoms with Gasteiger partial charge in [0.1, 0.15) is 0 Å². The second-order valence-electron chi connectivity index (χ2n) is 5.48. The van der Waals surface area contributed by atoms with E-state index in [-0.39, 0.29) is 0 Å². The van der Waals surface area contributed by atoms with Crippen LogP contribution in [0.2, 0.25) is 0 Å². The van der Waals surface area contributed by atoms with Crippen LogP contribution in [0.4, 0.5) is 0 Å². The number of hydrogen-bond donors (Lipinski definition) is 1. The third-order valence-electron chi connectivity index (χ3n) is 3.97. The van der Waals surface area contributed by atoms with Crippen LogP contribution in [0.25, 0.3) is 10.8 Å². The van der Waals surface area contributed by atoms with Crippen LogP contribution in [0, 0.1) is 6.92 Å². The molecule has 108 valence electrons. The fourth-order valence-electron chi connectivity index (χ4n) is 2.90. The molecule has 0 saturated heterocycles. The highest BCUT2D eigenvalue weighted by molar-refractivity contribution is 7.09. The van der Waals surface area contributed by atoms with Gasteiger partial charge in [-0.3, -0.25) is 0 Å². The zero-order valence-corrected chi connectivity index (χ0v) is 13.4. The van der Waals surface area contributed by atoms with Crippen molar-refractivity contribution in [3.63, 3.8) is 0 Å². The SMILES string of the molecule is Cc1ncsc1C(C)NC(C)c1cccc2ccccc12. The number of benzene rings is 2. The lowest BCUT2D eigenvalue weighted by molar-refractivity contribution is 0.500. The molecule has 1 heterocycles. The highest BCUT2D eigenvalue weighted by Crippen LogP contribution is 2.28. The van der Waals surface area contributed by atoms with E-state index in [1.54, 1.807) is 11.3 Å². The van der Waals surface area contributed by atoms with E-state index in [9.17, 15) is 0 Å². The fraction of sp³-hybridized carbons (Fsp3) is 0.278. The number of aromatic nitrogens is 1. The maximum absolute atomic E-state index is 4.35. The number of thiazole rings is 1. The monoisotopic (exact) mass is 296 g/mol. The van der Waals surface area contributed by atoms with Crippen LogP contribution in [0.15, 0.2) is 48.0 Å². The Kier molecular flexibility index (Phi) is 4.04. The predicted molar refractivity (Wildman–Crippen MR) is 90.8 cm³/mol. The van der Waals surface area contributed by atoms with Crippen molar-refractivity contribution < 1.29 is 0 Å². The van der Waals surface area contributed by atoms with Gasteiger partial charge < -0.3 is 5.32 Å². The summed E-state index contributed by atoms with van der Waals surface area (Å²) < 4.78 is 0. The van der Waals surface area contributed by atoms with Gasteiger partial charge in [0.15, 0.2) is 0 Å². The van der Waals surface area contributed by atoms with Gasteiger partial charge >= 0.3 is 0 Å². The number of rotatable bonds is 4. The molecule has 0 aliphatic carbocycles. The average molecular weight is 296 g/mol. The van der Waals surface area contributed by atoms with Crippen molar-refractivity contribution in [3.05, 3.63) is 64.1 Å². The Labute approximate surface area is 129 Å². The zero-order chi connectivity index (χ0) is 14.8. The van der Waals surface area contributed by atoms with Crippen molar-refractivity contribution in [1.82, 2.24) is 10.3 Å². The summed E-state index contributed by atoms with van der Waals surface area (Å²) in [4.78, 5) is 5.67. The normalized spacial score (nSPS) is 14.2. The van der Waals surface area contributed by atoms with Crippen molar-refractivity contribution in [1.29, 1.82) is 0 Å². The molecule has 3 rings (SSSR count). The lowest BCUT2D eigenvalue weighted by Gasteiger charge is -2.21. The van der Waals surface area contributed by atoms with Gasteiger partial charge in [-0.15, -0.1) is 11.3 Å². The van der Waals surface area contributed by atoms with Crippen molar-refractivity contribution in [3.8, 4) is 0 Å². The van der Waals surface area contributed by atoms with Crippen LogP contribution in [-0.4, -0.2) is 4.98 Å². The third-order valence-corrected chi connectivity index (χ3v) is 5.08. The molecule has 0 saturated carbocycles. The maximum Gasteiger partial charge on any atom is 0.0798 e. The van der Waals surface area contributed by atoms with E-state index in [1.165, 1.54) is 21.2 Å². The first-order valence-corrected chi connectivity index (χ1v) is 8.18. The first-order chi connectivity index (χ1) is 10.2. The quantitative estimate of drug-likeness (QED) is 0.731. The molecule has 2 unspecified atom stereocenters. The molecule has 0 radical (unpaired) electrons. The van der Waals surface area contributed by atoms with E-state index in [2.05, 4.69) is 73.5 Å². The highest BCUT2D eigenvalue weighted by Gasteiger charge is 2.16. The number of nitrogens with zero attached hydrogens (tertiary/aromatic N) is 1. The smallest absolute Gasteiger partial charge is 0.0798 e. The molecule has 21 heavy (non-hydrogen) atoms. The first kappa shape index (κ1) is 14.2. The van der Waals surface area contributed by atoms with Crippen LogP contribution in [-0.2, 0) is 0 Å². The molecule has 2 nitrogen and oxygen atoms in total. The molecule has 0 aliphatic rings. The number of aryl methyl sites for hydroxylation is 1.